The molecule has 1 saturated heterocycles. The van der Waals surface area contributed by atoms with Gasteiger partial charge in [0.05, 0.1) is 0 Å². The van der Waals surface area contributed by atoms with Crippen molar-refractivity contribution in [3.8, 4) is 0 Å². The maximum atomic E-state index is 9.55. The number of rotatable bonds is 10. The van der Waals surface area contributed by atoms with Crippen molar-refractivity contribution in [3.05, 3.63) is 95.1 Å². The zero-order valence-corrected chi connectivity index (χ0v) is 23.0. The molecule has 0 bridgehead atoms. The average molecular weight is 576 g/mol. The third kappa shape index (κ3) is 13.2. The van der Waals surface area contributed by atoms with Crippen LogP contribution in [0.2, 0.25) is 5.02 Å². The van der Waals surface area contributed by atoms with Gasteiger partial charge in [0.15, 0.2) is 0 Å². The molecule has 1 unspecified atom stereocenters. The number of hydrogen-bond donors (Lipinski definition) is 4. The second-order valence-electron chi connectivity index (χ2n) is 8.84. The Morgan fingerprint density at radius 3 is 1.70 bits per heavy atom. The Kier molecular flexibility index (Phi) is 15.0. The highest BCUT2D eigenvalue weighted by atomic mass is 35.5. The number of halogens is 1. The van der Waals surface area contributed by atoms with Gasteiger partial charge in [0, 0.05) is 42.0 Å². The maximum absolute atomic E-state index is 9.55. The second kappa shape index (κ2) is 17.6. The second-order valence-corrected chi connectivity index (χ2v) is 9.28. The number of carbonyl (C=O) groups is 4. The van der Waals surface area contributed by atoms with Crippen LogP contribution in [0, 0.1) is 0 Å². The Bertz CT molecular complexity index is 1100. The van der Waals surface area contributed by atoms with E-state index in [2.05, 4.69) is 55.3 Å². The molecule has 2 aromatic rings. The SMILES string of the molecule is CN1CCC[C@@H]1CCOC(C)(c1ccccc1)c1ccc(Cl)cc1.O=C(O)/C=C/C(=O)O.O=C(O)/C=C/C(=O)O. The summed E-state index contributed by atoms with van der Waals surface area (Å²) in [6.07, 6.45) is 5.89. The predicted molar refractivity (Wildman–Crippen MR) is 149 cm³/mol. The quantitative estimate of drug-likeness (QED) is 0.296. The van der Waals surface area contributed by atoms with E-state index in [9.17, 15) is 19.2 Å². The summed E-state index contributed by atoms with van der Waals surface area (Å²) in [6.45, 7) is 4.12. The molecule has 3 rings (SSSR count). The molecule has 0 spiro atoms. The molecule has 1 heterocycles. The van der Waals surface area contributed by atoms with Gasteiger partial charge < -0.3 is 30.1 Å². The summed E-state index contributed by atoms with van der Waals surface area (Å²) in [6, 6.07) is 19.1. The molecular formula is C29H34ClNO9. The summed E-state index contributed by atoms with van der Waals surface area (Å²) in [5.74, 6) is -5.03. The molecule has 1 aliphatic heterocycles. The number of carboxylic acid groups (broad SMARTS) is 4. The predicted octanol–water partition coefficient (Wildman–Crippen LogP) is 4.53. The molecule has 2 atom stereocenters. The van der Waals surface area contributed by atoms with Crippen molar-refractivity contribution < 1.29 is 44.3 Å². The van der Waals surface area contributed by atoms with Gasteiger partial charge in [-0.15, -0.1) is 0 Å². The standard InChI is InChI=1S/C21H26ClNO.2C4H4O4/c1-21(17-7-4-3-5-8-17,18-10-12-19(22)13-11-18)24-16-14-20-9-6-15-23(20)2;2*5-3(6)1-2-4(7)8/h3-5,7-8,10-13,20H,6,9,14-16H2,1-2H3;2*1-2H,(H,5,6)(H,7,8)/b;2*2-1+/t20-,21?;;/m1../s1. The van der Waals surface area contributed by atoms with Gasteiger partial charge in [-0.05, 0) is 63.0 Å². The molecule has 11 heteroatoms. The van der Waals surface area contributed by atoms with Crippen molar-refractivity contribution in [3.63, 3.8) is 0 Å². The van der Waals surface area contributed by atoms with Crippen molar-refractivity contribution in [1.82, 2.24) is 4.90 Å². The largest absolute Gasteiger partial charge is 0.478 e. The first-order valence-corrected chi connectivity index (χ1v) is 12.7. The fourth-order valence-electron chi connectivity index (χ4n) is 3.89. The van der Waals surface area contributed by atoms with Crippen molar-refractivity contribution in [2.45, 2.75) is 37.8 Å². The Morgan fingerprint density at radius 1 is 0.850 bits per heavy atom. The fraction of sp³-hybridized carbons (Fsp3) is 0.310. The molecule has 216 valence electrons. The first-order valence-electron chi connectivity index (χ1n) is 12.3. The molecule has 1 aliphatic rings. The van der Waals surface area contributed by atoms with Crippen LogP contribution in [0.15, 0.2) is 78.9 Å². The zero-order valence-electron chi connectivity index (χ0n) is 22.3. The Balaban J connectivity index is 0.000000412. The van der Waals surface area contributed by atoms with E-state index < -0.39 is 29.5 Å². The summed E-state index contributed by atoms with van der Waals surface area (Å²) in [5, 5.41) is 32.0. The minimum atomic E-state index is -1.26. The van der Waals surface area contributed by atoms with Crippen LogP contribution in [0.4, 0.5) is 0 Å². The van der Waals surface area contributed by atoms with Gasteiger partial charge >= 0.3 is 23.9 Å². The molecular weight excluding hydrogens is 542 g/mol. The summed E-state index contributed by atoms with van der Waals surface area (Å²) in [7, 11) is 2.22. The van der Waals surface area contributed by atoms with Crippen molar-refractivity contribution in [1.29, 1.82) is 0 Å². The van der Waals surface area contributed by atoms with Crippen molar-refractivity contribution >= 4 is 35.5 Å². The third-order valence-electron chi connectivity index (χ3n) is 5.97. The van der Waals surface area contributed by atoms with E-state index in [1.807, 2.05) is 18.2 Å². The van der Waals surface area contributed by atoms with E-state index in [0.29, 0.717) is 30.3 Å². The van der Waals surface area contributed by atoms with Crippen LogP contribution < -0.4 is 0 Å². The lowest BCUT2D eigenvalue weighted by molar-refractivity contribution is -0.134. The zero-order chi connectivity index (χ0) is 30.1. The number of benzene rings is 2. The Hall–Kier alpha value is -3.99. The molecule has 40 heavy (non-hydrogen) atoms. The van der Waals surface area contributed by atoms with Gasteiger partial charge in [-0.25, -0.2) is 19.2 Å². The molecule has 0 radical (unpaired) electrons. The van der Waals surface area contributed by atoms with E-state index in [1.165, 1.54) is 24.9 Å². The maximum Gasteiger partial charge on any atom is 0.328 e. The lowest BCUT2D eigenvalue weighted by Crippen LogP contribution is -2.31. The van der Waals surface area contributed by atoms with Crippen LogP contribution in [-0.2, 0) is 29.5 Å². The molecule has 0 aliphatic carbocycles. The van der Waals surface area contributed by atoms with E-state index in [1.54, 1.807) is 0 Å². The Labute approximate surface area is 237 Å². The van der Waals surface area contributed by atoms with Gasteiger partial charge in [0.2, 0.25) is 0 Å². The number of ether oxygens (including phenoxy) is 1. The lowest BCUT2D eigenvalue weighted by atomic mass is 9.88. The minimum absolute atomic E-state index is 0.455. The van der Waals surface area contributed by atoms with Crippen LogP contribution in [0.1, 0.15) is 37.3 Å². The normalized spacial score (nSPS) is 16.3. The number of carboxylic acids is 4. The van der Waals surface area contributed by atoms with Crippen LogP contribution in [0.3, 0.4) is 0 Å². The first kappa shape index (κ1) is 34.0. The average Bonchev–Trinajstić information content (AvgIpc) is 3.32. The molecule has 4 N–H and O–H groups in total. The van der Waals surface area contributed by atoms with Gasteiger partial charge in [-0.1, -0.05) is 54.1 Å². The molecule has 0 aromatic heterocycles. The highest BCUT2D eigenvalue weighted by molar-refractivity contribution is 6.30. The molecule has 0 saturated carbocycles. The van der Waals surface area contributed by atoms with Crippen LogP contribution in [-0.4, -0.2) is 75.4 Å². The van der Waals surface area contributed by atoms with Gasteiger partial charge in [0.25, 0.3) is 0 Å². The number of likely N-dealkylation sites (tertiary alicyclic amines) is 1. The first-order chi connectivity index (χ1) is 18.8. The van der Waals surface area contributed by atoms with Crippen LogP contribution in [0.5, 0.6) is 0 Å². The summed E-state index contributed by atoms with van der Waals surface area (Å²) >= 11 is 6.07. The molecule has 2 aromatic carbocycles. The lowest BCUT2D eigenvalue weighted by Gasteiger charge is -2.32. The topological polar surface area (TPSA) is 162 Å². The van der Waals surface area contributed by atoms with E-state index in [0.717, 1.165) is 23.6 Å². The van der Waals surface area contributed by atoms with E-state index >= 15 is 0 Å². The molecule has 10 nitrogen and oxygen atoms in total. The van der Waals surface area contributed by atoms with Gasteiger partial charge in [0.1, 0.15) is 5.60 Å². The van der Waals surface area contributed by atoms with Gasteiger partial charge in [-0.3, -0.25) is 0 Å². The number of aliphatic carboxylic acids is 4. The monoisotopic (exact) mass is 575 g/mol. The fourth-order valence-corrected chi connectivity index (χ4v) is 4.01. The Morgan fingerprint density at radius 2 is 1.30 bits per heavy atom. The smallest absolute Gasteiger partial charge is 0.328 e. The summed E-state index contributed by atoms with van der Waals surface area (Å²) in [4.78, 5) is 40.7. The third-order valence-corrected chi connectivity index (χ3v) is 6.22. The summed E-state index contributed by atoms with van der Waals surface area (Å²) < 4.78 is 6.48. The molecule has 0 amide bonds. The van der Waals surface area contributed by atoms with Crippen molar-refractivity contribution in [2.75, 3.05) is 20.2 Å². The number of nitrogens with zero attached hydrogens (tertiary/aromatic N) is 1. The van der Waals surface area contributed by atoms with E-state index in [-0.39, 0.29) is 0 Å². The number of hydrogen-bond acceptors (Lipinski definition) is 6. The van der Waals surface area contributed by atoms with Crippen LogP contribution >= 0.6 is 11.6 Å². The highest BCUT2D eigenvalue weighted by Crippen LogP contribution is 2.34. The molecule has 1 fully saturated rings. The minimum Gasteiger partial charge on any atom is -0.478 e. The van der Waals surface area contributed by atoms with Gasteiger partial charge in [-0.2, -0.15) is 0 Å². The highest BCUT2D eigenvalue weighted by Gasteiger charge is 2.30. The van der Waals surface area contributed by atoms with Crippen molar-refractivity contribution in [2.24, 2.45) is 0 Å². The van der Waals surface area contributed by atoms with E-state index in [4.69, 9.17) is 36.8 Å². The summed E-state index contributed by atoms with van der Waals surface area (Å²) in [5.41, 5.74) is 1.85. The van der Waals surface area contributed by atoms with Crippen LogP contribution in [0.25, 0.3) is 0 Å².